The van der Waals surface area contributed by atoms with E-state index in [0.29, 0.717) is 16.7 Å². The molecule has 0 radical (unpaired) electrons. The number of Topliss-reactive ketones (excluding diaryl/α,β-unsaturated/α-hetero) is 1. The number of anilines is 1. The third-order valence-electron chi connectivity index (χ3n) is 6.12. The van der Waals surface area contributed by atoms with Crippen molar-refractivity contribution >= 4 is 52.3 Å². The molecule has 1 saturated heterocycles. The highest BCUT2D eigenvalue weighted by molar-refractivity contribution is 7.16. The van der Waals surface area contributed by atoms with Crippen molar-refractivity contribution in [3.8, 4) is 11.3 Å². The maximum Gasteiger partial charge on any atom is 0.374 e. The van der Waals surface area contributed by atoms with E-state index < -0.39 is 35.2 Å². The molecule has 1 aliphatic heterocycles. The van der Waals surface area contributed by atoms with Crippen LogP contribution in [0, 0.1) is 5.41 Å². The zero-order valence-electron chi connectivity index (χ0n) is 22.1. The highest BCUT2D eigenvalue weighted by atomic mass is 35.5. The van der Waals surface area contributed by atoms with Gasteiger partial charge >= 0.3 is 5.97 Å². The van der Waals surface area contributed by atoms with Crippen LogP contribution >= 0.6 is 22.9 Å². The fourth-order valence-electron chi connectivity index (χ4n) is 4.04. The third-order valence-corrected chi connectivity index (χ3v) is 7.35. The van der Waals surface area contributed by atoms with Crippen LogP contribution in [-0.4, -0.2) is 74.2 Å². The Morgan fingerprint density at radius 2 is 1.82 bits per heavy atom. The smallest absolute Gasteiger partial charge is 0.374 e. The lowest BCUT2D eigenvalue weighted by atomic mass is 9.96. The van der Waals surface area contributed by atoms with Crippen LogP contribution in [0.5, 0.6) is 0 Å². The molecule has 0 aliphatic carbocycles. The molecule has 12 nitrogen and oxygen atoms in total. The van der Waals surface area contributed by atoms with Gasteiger partial charge in [-0.2, -0.15) is 9.78 Å². The number of nitrogens with one attached hydrogen (secondary N) is 1. The molecule has 1 amide bonds. The number of carboxylic acids is 1. The number of pyridine rings is 1. The van der Waals surface area contributed by atoms with Crippen LogP contribution < -0.4 is 10.9 Å². The molecule has 4 rings (SSSR count). The second-order valence-corrected chi connectivity index (χ2v) is 11.9. The monoisotopic (exact) mass is 589 g/mol. The Hall–Kier alpha value is -3.81. The number of carboxylic acid groups (broad SMARTS) is 1. The van der Waals surface area contributed by atoms with Gasteiger partial charge in [-0.05, 0) is 18.2 Å². The Kier molecular flexibility index (Phi) is 8.57. The molecule has 14 heteroatoms. The second-order valence-electron chi connectivity index (χ2n) is 10.1. The van der Waals surface area contributed by atoms with Crippen LogP contribution in [0.1, 0.15) is 40.9 Å². The van der Waals surface area contributed by atoms with Crippen molar-refractivity contribution in [2.75, 3.05) is 31.6 Å². The zero-order valence-corrected chi connectivity index (χ0v) is 23.7. The maximum atomic E-state index is 13.7. The Bertz CT molecular complexity index is 1530. The molecule has 0 saturated carbocycles. The fraction of sp³-hybridized carbons (Fsp3) is 0.385. The average Bonchev–Trinajstić information content (AvgIpc) is 3.53. The van der Waals surface area contributed by atoms with E-state index >= 15 is 0 Å². The number of aromatic nitrogens is 3. The quantitative estimate of drug-likeness (QED) is 0.378. The molecular formula is C26H28ClN5O7S. The fourth-order valence-corrected chi connectivity index (χ4v) is 5.06. The van der Waals surface area contributed by atoms with Crippen LogP contribution in [0.15, 0.2) is 35.1 Å². The molecule has 4 heterocycles. The summed E-state index contributed by atoms with van der Waals surface area (Å²) < 4.78 is 7.98. The number of rotatable bonds is 8. The van der Waals surface area contributed by atoms with Gasteiger partial charge in [-0.3, -0.25) is 23.7 Å². The molecule has 1 aliphatic rings. The van der Waals surface area contributed by atoms with Gasteiger partial charge in [-0.25, -0.2) is 4.79 Å². The Morgan fingerprint density at radius 1 is 1.12 bits per heavy atom. The number of nitrogens with zero attached hydrogens (tertiary/aromatic N) is 4. The molecule has 0 unspecified atom stereocenters. The summed E-state index contributed by atoms with van der Waals surface area (Å²) in [4.78, 5) is 65.8. The van der Waals surface area contributed by atoms with Gasteiger partial charge in [0.2, 0.25) is 0 Å². The van der Waals surface area contributed by atoms with E-state index in [4.69, 9.17) is 16.3 Å². The summed E-state index contributed by atoms with van der Waals surface area (Å²) >= 11 is 7.42. The van der Waals surface area contributed by atoms with E-state index in [2.05, 4.69) is 10.4 Å². The van der Waals surface area contributed by atoms with Crippen molar-refractivity contribution < 1.29 is 29.0 Å². The normalized spacial score (nSPS) is 13.8. The summed E-state index contributed by atoms with van der Waals surface area (Å²) in [5.41, 5.74) is -1.40. The number of hydrogen-bond donors (Lipinski definition) is 2. The lowest BCUT2D eigenvalue weighted by Crippen LogP contribution is -2.43. The first kappa shape index (κ1) is 29.2. The Labute approximate surface area is 238 Å². The van der Waals surface area contributed by atoms with E-state index in [9.17, 15) is 29.1 Å². The van der Waals surface area contributed by atoms with E-state index in [1.165, 1.54) is 27.0 Å². The first-order chi connectivity index (χ1) is 18.9. The number of hydrogen-bond acceptors (Lipinski definition) is 9. The molecule has 2 N–H and O–H groups in total. The standard InChI is InChI=1S/C26H28ClN5O7S/c1-26(2,3)25(38)32-20(28-13-15-4-6-19(27)40-15)12-17(29-32)16-5-7-21(34)31(14-18(33)24(36)37)22(16)23(35)30-8-10-39-11-9-30/h4-7,12,28H,8-11,13-14H2,1-3H3,(H,36,37). The van der Waals surface area contributed by atoms with Crippen molar-refractivity contribution in [2.24, 2.45) is 5.41 Å². The van der Waals surface area contributed by atoms with Crippen LogP contribution in [0.25, 0.3) is 11.3 Å². The third kappa shape index (κ3) is 6.32. The molecule has 0 atom stereocenters. The summed E-state index contributed by atoms with van der Waals surface area (Å²) in [6.45, 7) is 5.75. The molecule has 0 bridgehead atoms. The van der Waals surface area contributed by atoms with Crippen LogP contribution in [0.3, 0.4) is 0 Å². The van der Waals surface area contributed by atoms with Gasteiger partial charge in [0.15, 0.2) is 0 Å². The predicted octanol–water partition coefficient (Wildman–Crippen LogP) is 2.85. The van der Waals surface area contributed by atoms with E-state index in [-0.39, 0.29) is 49.2 Å². The van der Waals surface area contributed by atoms with Crippen molar-refractivity contribution in [1.82, 2.24) is 19.2 Å². The summed E-state index contributed by atoms with van der Waals surface area (Å²) in [5.74, 6) is -3.58. The predicted molar refractivity (Wildman–Crippen MR) is 148 cm³/mol. The number of ether oxygens (including phenoxy) is 1. The Morgan fingerprint density at radius 3 is 2.42 bits per heavy atom. The molecule has 40 heavy (non-hydrogen) atoms. The highest BCUT2D eigenvalue weighted by Gasteiger charge is 2.31. The van der Waals surface area contributed by atoms with Crippen LogP contribution in [0.2, 0.25) is 4.34 Å². The molecule has 1 fully saturated rings. The van der Waals surface area contributed by atoms with E-state index in [0.717, 1.165) is 15.5 Å². The summed E-state index contributed by atoms with van der Waals surface area (Å²) in [6, 6.07) is 7.69. The number of halogens is 1. The zero-order chi connectivity index (χ0) is 29.2. The highest BCUT2D eigenvalue weighted by Crippen LogP contribution is 2.29. The topological polar surface area (TPSA) is 153 Å². The summed E-state index contributed by atoms with van der Waals surface area (Å²) in [7, 11) is 0. The molecule has 3 aromatic rings. The molecule has 212 valence electrons. The maximum absolute atomic E-state index is 13.7. The van der Waals surface area contributed by atoms with Crippen LogP contribution in [0.4, 0.5) is 5.82 Å². The second kappa shape index (κ2) is 11.7. The number of aliphatic carboxylic acids is 1. The van der Waals surface area contributed by atoms with Gasteiger partial charge in [0.1, 0.15) is 11.5 Å². The number of morpholine rings is 1. The first-order valence-electron chi connectivity index (χ1n) is 12.4. The van der Waals surface area contributed by atoms with Crippen molar-refractivity contribution in [1.29, 1.82) is 0 Å². The van der Waals surface area contributed by atoms with Gasteiger partial charge in [-0.1, -0.05) is 32.4 Å². The van der Waals surface area contributed by atoms with Crippen molar-refractivity contribution in [3.05, 3.63) is 55.6 Å². The minimum Gasteiger partial charge on any atom is -0.475 e. The molecule has 0 spiro atoms. The lowest BCUT2D eigenvalue weighted by molar-refractivity contribution is -0.149. The van der Waals surface area contributed by atoms with Crippen molar-refractivity contribution in [3.63, 3.8) is 0 Å². The number of carbonyl (C=O) groups excluding carboxylic acids is 3. The van der Waals surface area contributed by atoms with Gasteiger partial charge in [0.25, 0.3) is 23.2 Å². The number of amides is 1. The number of carbonyl (C=O) groups is 4. The van der Waals surface area contributed by atoms with Gasteiger partial charge in [0, 0.05) is 41.1 Å². The lowest BCUT2D eigenvalue weighted by Gasteiger charge is -2.28. The molecular weight excluding hydrogens is 562 g/mol. The van der Waals surface area contributed by atoms with Gasteiger partial charge in [-0.15, -0.1) is 11.3 Å². The first-order valence-corrected chi connectivity index (χ1v) is 13.6. The Balaban J connectivity index is 1.86. The summed E-state index contributed by atoms with van der Waals surface area (Å²) in [6.07, 6.45) is 0. The van der Waals surface area contributed by atoms with E-state index in [1.54, 1.807) is 32.9 Å². The number of thiophene rings is 1. The van der Waals surface area contributed by atoms with E-state index in [1.807, 2.05) is 6.07 Å². The minimum absolute atomic E-state index is 0.164. The number of ketones is 1. The molecule has 3 aromatic heterocycles. The molecule has 0 aromatic carbocycles. The SMILES string of the molecule is CC(C)(C)C(=O)n1nc(-c2ccc(=O)n(CC(=O)C(=O)O)c2C(=O)N2CCOCC2)cc1NCc1ccc(Cl)s1. The van der Waals surface area contributed by atoms with Crippen molar-refractivity contribution in [2.45, 2.75) is 33.9 Å². The minimum atomic E-state index is -1.73. The van der Waals surface area contributed by atoms with Gasteiger partial charge in [0.05, 0.1) is 36.3 Å². The van der Waals surface area contributed by atoms with Crippen LogP contribution in [-0.2, 0) is 27.4 Å². The van der Waals surface area contributed by atoms with Gasteiger partial charge < -0.3 is 20.1 Å². The average molecular weight is 590 g/mol. The largest absolute Gasteiger partial charge is 0.475 e. The summed E-state index contributed by atoms with van der Waals surface area (Å²) in [5, 5.41) is 16.9.